The van der Waals surface area contributed by atoms with E-state index in [1.807, 2.05) is 0 Å². The maximum atomic E-state index is 15.2. The van der Waals surface area contributed by atoms with Crippen LogP contribution < -0.4 is 39.3 Å². The van der Waals surface area contributed by atoms with Gasteiger partial charge in [0.2, 0.25) is 10.9 Å². The molecule has 0 fully saturated rings. The molecule has 0 aliphatic rings. The van der Waals surface area contributed by atoms with E-state index in [0.29, 0.717) is 55.4 Å². The summed E-state index contributed by atoms with van der Waals surface area (Å²) in [6, 6.07) is 24.5. The van der Waals surface area contributed by atoms with Gasteiger partial charge in [-0.2, -0.15) is 4.31 Å². The lowest BCUT2D eigenvalue weighted by Crippen LogP contribution is -2.25. The maximum absolute atomic E-state index is 15.2. The molecule has 6 heterocycles. The van der Waals surface area contributed by atoms with Crippen LogP contribution in [-0.2, 0) is 45.0 Å². The summed E-state index contributed by atoms with van der Waals surface area (Å²) in [6.07, 6.45) is 5.49. The Kier molecular flexibility index (Phi) is 24.0. The van der Waals surface area contributed by atoms with Gasteiger partial charge in [0.25, 0.3) is 23.1 Å². The SMILES string of the molecule is CCCN(CCOC)S(F)(F)F.COc1cc2nccc(Oc3ccc(CC(=O)c4cn(C)c(CF)c(-c5ccc(F)cc5)c4=O)cc3F)c2nc1OC.COc1cc2nccc(Oc3ccc(CC(=O)c4cn(C)c(CO)c(-c5ccc(F)cc5)c4=O)cc3F)c2nc1OC. The topological polar surface area (TPSA) is 218 Å². The largest absolute Gasteiger partial charge is 0.491 e. The van der Waals surface area contributed by atoms with Gasteiger partial charge >= 0.3 is 0 Å². The third-order valence-corrected chi connectivity index (χ3v) is 15.6. The number of benzene rings is 4. The minimum Gasteiger partial charge on any atom is -0.491 e. The molecule has 0 saturated heterocycles. The summed E-state index contributed by atoms with van der Waals surface area (Å²) < 4.78 is 148. The molecule has 10 aromatic rings. The van der Waals surface area contributed by atoms with E-state index < -0.39 is 70.3 Å². The molecule has 0 atom stereocenters. The summed E-state index contributed by atoms with van der Waals surface area (Å²) >= 11 is -5.05. The number of rotatable bonds is 24. The zero-order chi connectivity index (χ0) is 69.5. The van der Waals surface area contributed by atoms with Gasteiger partial charge in [0, 0.05) is 96.2 Å². The lowest BCUT2D eigenvalue weighted by molar-refractivity contribution is 0.0983. The number of fused-ring (bicyclic) bond motifs is 2. The Morgan fingerprint density at radius 3 is 1.34 bits per heavy atom. The van der Waals surface area contributed by atoms with Crippen molar-refractivity contribution in [2.45, 2.75) is 39.5 Å². The number of ketones is 2. The second-order valence-electron chi connectivity index (χ2n) is 20.9. The Balaban J connectivity index is 0.000000210. The van der Waals surface area contributed by atoms with E-state index in [4.69, 9.17) is 28.4 Å². The van der Waals surface area contributed by atoms with Crippen molar-refractivity contribution in [1.29, 1.82) is 0 Å². The molecular formula is C68H63F8N7O12S. The number of nitrogens with zero attached hydrogens (tertiary/aromatic N) is 7. The van der Waals surface area contributed by atoms with E-state index >= 15 is 8.78 Å². The average Bonchev–Trinajstić information content (AvgIpc) is 0.793. The van der Waals surface area contributed by atoms with E-state index in [-0.39, 0.29) is 112 Å². The molecule has 96 heavy (non-hydrogen) atoms. The van der Waals surface area contributed by atoms with Gasteiger partial charge in [-0.05, 0) is 77.2 Å². The summed E-state index contributed by atoms with van der Waals surface area (Å²) in [5, 5.41) is 9.88. The van der Waals surface area contributed by atoms with Gasteiger partial charge in [0.05, 0.1) is 86.3 Å². The highest BCUT2D eigenvalue weighted by atomic mass is 32.3. The van der Waals surface area contributed by atoms with Crippen LogP contribution in [0.25, 0.3) is 44.3 Å². The second kappa shape index (κ2) is 32.2. The van der Waals surface area contributed by atoms with Gasteiger partial charge in [-0.1, -0.05) is 43.3 Å². The maximum Gasteiger partial charge on any atom is 0.278 e. The van der Waals surface area contributed by atoms with E-state index in [2.05, 4.69) is 24.7 Å². The Morgan fingerprint density at radius 2 is 0.979 bits per heavy atom. The van der Waals surface area contributed by atoms with Gasteiger partial charge < -0.3 is 47.4 Å². The number of alkyl halides is 1. The number of aromatic nitrogens is 6. The van der Waals surface area contributed by atoms with Crippen molar-refractivity contribution in [3.8, 4) is 68.5 Å². The highest BCUT2D eigenvalue weighted by Gasteiger charge is 2.30. The zero-order valence-electron chi connectivity index (χ0n) is 52.9. The molecule has 28 heteroatoms. The first-order valence-electron chi connectivity index (χ1n) is 29.0. The van der Waals surface area contributed by atoms with Crippen molar-refractivity contribution < 1.29 is 81.5 Å². The molecule has 0 unspecified atom stereocenters. The van der Waals surface area contributed by atoms with Crippen LogP contribution in [0.2, 0.25) is 0 Å². The first kappa shape index (κ1) is 71.6. The van der Waals surface area contributed by atoms with Crippen LogP contribution in [0.1, 0.15) is 56.6 Å². The molecule has 19 nitrogen and oxygen atoms in total. The quantitative estimate of drug-likeness (QED) is 0.0439. The molecule has 4 aromatic carbocycles. The van der Waals surface area contributed by atoms with Crippen LogP contribution in [0, 0.1) is 23.3 Å². The fraction of sp³-hybridized carbons (Fsp3) is 0.235. The third-order valence-electron chi connectivity index (χ3n) is 14.7. The molecule has 0 aliphatic heterocycles. The number of carbonyl (C=O) groups excluding carboxylic acids is 2. The Morgan fingerprint density at radius 1 is 0.552 bits per heavy atom. The fourth-order valence-corrected chi connectivity index (χ4v) is 10.6. The number of aliphatic hydroxyl groups excluding tert-OH is 1. The van der Waals surface area contributed by atoms with Crippen LogP contribution in [0.5, 0.6) is 46.3 Å². The number of carbonyl (C=O) groups is 2. The number of Topliss-reactive ketones (excluding diaryl/α,β-unsaturated/α-hetero) is 2. The number of methoxy groups -OCH3 is 5. The number of hydrogen-bond donors (Lipinski definition) is 1. The highest BCUT2D eigenvalue weighted by molar-refractivity contribution is 8.18. The number of halogens is 8. The molecular weight excluding hydrogens is 1290 g/mol. The number of ether oxygens (including phenoxy) is 7. The summed E-state index contributed by atoms with van der Waals surface area (Å²) in [6.45, 7) is 0.438. The molecule has 0 radical (unpaired) electrons. The number of aliphatic hydroxyl groups is 1. The zero-order valence-corrected chi connectivity index (χ0v) is 53.7. The number of hydrogen-bond acceptors (Lipinski definition) is 17. The summed E-state index contributed by atoms with van der Waals surface area (Å²) in [5.74, 6) is -2.29. The van der Waals surface area contributed by atoms with E-state index in [0.717, 1.165) is 24.3 Å². The molecule has 504 valence electrons. The van der Waals surface area contributed by atoms with Crippen LogP contribution in [0.4, 0.5) is 33.6 Å². The molecule has 10 rings (SSSR count). The van der Waals surface area contributed by atoms with Gasteiger partial charge in [-0.3, -0.25) is 29.1 Å². The van der Waals surface area contributed by atoms with E-state index in [1.54, 1.807) is 26.1 Å². The van der Waals surface area contributed by atoms with Crippen LogP contribution in [0.15, 0.2) is 144 Å². The first-order valence-corrected chi connectivity index (χ1v) is 30.3. The third kappa shape index (κ3) is 16.8. The fourth-order valence-electron chi connectivity index (χ4n) is 9.93. The van der Waals surface area contributed by atoms with Gasteiger partial charge in [0.15, 0.2) is 57.7 Å². The van der Waals surface area contributed by atoms with Crippen molar-refractivity contribution in [3.05, 3.63) is 211 Å². The first-order chi connectivity index (χ1) is 46.0. The standard InChI is InChI=1S/C31H24F3N3O5.C31H25F2N3O6.C6H14F3NOS/c1-37-16-20(30(39)28(23(37)15-32)18-5-7-19(33)8-6-18)24(38)13-17-4-9-25(21(34)12-17)42-26-10-11-35-22-14-27(40-2)31(41-3)36-29(22)26;1-36-15-20(30(39)28(23(36)16-37)18-5-7-19(32)8-6-18)24(38)13-17-4-9-25(21(33)12-17)42-26-10-11-34-22-14-27(40-2)31(41-3)35-29(22)26;1-3-4-10(5-6-11-2)12(7,8)9/h4-12,14,16H,13,15H2,1-3H3;4-12,14-15,37H,13,16H2,1-3H3;3-6H2,1-2H3. The van der Waals surface area contributed by atoms with Crippen molar-refractivity contribution >= 4 is 45.0 Å². The average molecular weight is 1350 g/mol. The summed E-state index contributed by atoms with van der Waals surface area (Å²) in [4.78, 5) is 70.4. The lowest BCUT2D eigenvalue weighted by atomic mass is 9.97. The van der Waals surface area contributed by atoms with Crippen LogP contribution >= 0.6 is 11.4 Å². The van der Waals surface area contributed by atoms with Crippen LogP contribution in [0.3, 0.4) is 0 Å². The number of pyridine rings is 6. The predicted molar refractivity (Wildman–Crippen MR) is 344 cm³/mol. The minimum absolute atomic E-state index is 0.0341. The molecule has 1 N–H and O–H groups in total. The van der Waals surface area contributed by atoms with Gasteiger partial charge in [-0.15, -0.1) is 11.7 Å². The molecule has 0 spiro atoms. The van der Waals surface area contributed by atoms with Gasteiger partial charge in [0.1, 0.15) is 29.3 Å². The molecule has 0 aliphatic carbocycles. The number of aryl methyl sites for hydroxylation is 2. The Hall–Kier alpha value is -10.3. The Bertz CT molecular complexity index is 4310. The summed E-state index contributed by atoms with van der Waals surface area (Å²) in [5.41, 5.74) is 1.48. The Labute approximate surface area is 546 Å². The van der Waals surface area contributed by atoms with Crippen molar-refractivity contribution in [3.63, 3.8) is 0 Å². The molecule has 0 amide bonds. The summed E-state index contributed by atoms with van der Waals surface area (Å²) in [7, 11) is 10.3. The van der Waals surface area contributed by atoms with Gasteiger partial charge in [-0.25, -0.2) is 31.9 Å². The van der Waals surface area contributed by atoms with Crippen LogP contribution in [-0.4, -0.2) is 105 Å². The van der Waals surface area contributed by atoms with Crippen molar-refractivity contribution in [2.75, 3.05) is 55.2 Å². The van der Waals surface area contributed by atoms with E-state index in [9.17, 15) is 49.1 Å². The van der Waals surface area contributed by atoms with E-state index in [1.165, 1.54) is 149 Å². The molecule has 0 bridgehead atoms. The lowest BCUT2D eigenvalue weighted by Gasteiger charge is -2.25. The molecule has 6 aromatic heterocycles. The molecule has 0 saturated carbocycles. The minimum atomic E-state index is -5.05. The predicted octanol–water partition coefficient (Wildman–Crippen LogP) is 13.7. The smallest absolute Gasteiger partial charge is 0.278 e. The normalized spacial score (nSPS) is 11.4. The van der Waals surface area contributed by atoms with Crippen molar-refractivity contribution in [2.24, 2.45) is 14.1 Å². The monoisotopic (exact) mass is 1350 g/mol. The van der Waals surface area contributed by atoms with Crippen molar-refractivity contribution in [1.82, 2.24) is 33.4 Å². The highest BCUT2D eigenvalue weighted by Crippen LogP contribution is 2.56. The second-order valence-corrected chi connectivity index (χ2v) is 22.2.